The second-order valence-corrected chi connectivity index (χ2v) is 8.48. The summed E-state index contributed by atoms with van der Waals surface area (Å²) in [6.45, 7) is 2.00. The molecule has 1 aliphatic carbocycles. The van der Waals surface area contributed by atoms with Gasteiger partial charge in [-0.15, -0.1) is 11.8 Å². The number of hydrogen-bond acceptors (Lipinski definition) is 5. The van der Waals surface area contributed by atoms with Crippen molar-refractivity contribution < 1.29 is 14.3 Å². The fourth-order valence-corrected chi connectivity index (χ4v) is 5.13. The molecule has 0 atom stereocenters. The number of ether oxygens (including phenoxy) is 2. The molecule has 6 heteroatoms. The van der Waals surface area contributed by atoms with Crippen LogP contribution < -0.4 is 14.9 Å². The molecule has 3 aromatic rings. The molecule has 164 valence electrons. The molecule has 1 amide bonds. The van der Waals surface area contributed by atoms with E-state index < -0.39 is 0 Å². The Balaban J connectivity index is 1.45. The molecule has 0 spiro atoms. The minimum atomic E-state index is -0.122. The molecule has 0 aliphatic heterocycles. The summed E-state index contributed by atoms with van der Waals surface area (Å²) in [5.74, 6) is 1.49. The van der Waals surface area contributed by atoms with Crippen LogP contribution in [0.4, 0.5) is 0 Å². The van der Waals surface area contributed by atoms with Gasteiger partial charge in [0, 0.05) is 5.56 Å². The number of nitrogens with zero attached hydrogens (tertiary/aromatic N) is 1. The molecule has 0 saturated heterocycles. The zero-order chi connectivity index (χ0) is 22.5. The third-order valence-corrected chi connectivity index (χ3v) is 6.80. The minimum absolute atomic E-state index is 0.122. The van der Waals surface area contributed by atoms with Crippen LogP contribution in [0, 0.1) is 0 Å². The normalized spacial score (nSPS) is 12.8. The quantitative estimate of drug-likeness (QED) is 0.370. The fourth-order valence-electron chi connectivity index (χ4n) is 3.97. The summed E-state index contributed by atoms with van der Waals surface area (Å²) in [6, 6.07) is 22.4. The van der Waals surface area contributed by atoms with Crippen molar-refractivity contribution in [3.05, 3.63) is 83.4 Å². The van der Waals surface area contributed by atoms with Gasteiger partial charge in [0.25, 0.3) is 0 Å². The number of amides is 1. The number of rotatable bonds is 8. The van der Waals surface area contributed by atoms with E-state index in [9.17, 15) is 4.79 Å². The molecule has 5 nitrogen and oxygen atoms in total. The maximum atomic E-state index is 12.6. The Morgan fingerprint density at radius 2 is 1.56 bits per heavy atom. The van der Waals surface area contributed by atoms with Gasteiger partial charge in [0.15, 0.2) is 11.5 Å². The van der Waals surface area contributed by atoms with Crippen LogP contribution in [0.5, 0.6) is 11.5 Å². The van der Waals surface area contributed by atoms with E-state index in [2.05, 4.69) is 59.1 Å². The molecule has 1 N–H and O–H groups in total. The maximum Gasteiger partial charge on any atom is 0.250 e. The van der Waals surface area contributed by atoms with Crippen LogP contribution in [-0.2, 0) is 4.79 Å². The number of carbonyl (C=O) groups is 1. The molecule has 0 fully saturated rings. The summed E-state index contributed by atoms with van der Waals surface area (Å²) in [4.78, 5) is 12.6. The average Bonchev–Trinajstić information content (AvgIpc) is 3.16. The van der Waals surface area contributed by atoms with Gasteiger partial charge < -0.3 is 9.47 Å². The fraction of sp³-hybridized carbons (Fsp3) is 0.231. The van der Waals surface area contributed by atoms with Gasteiger partial charge in [0.1, 0.15) is 0 Å². The monoisotopic (exact) mass is 446 g/mol. The first-order chi connectivity index (χ1) is 15.7. The number of hydrogen-bond donors (Lipinski definition) is 1. The molecule has 3 aromatic carbocycles. The Bertz CT molecular complexity index is 1110. The number of nitrogens with one attached hydrogen (secondary N) is 1. The molecule has 0 aromatic heterocycles. The molecule has 0 unspecified atom stereocenters. The zero-order valence-corrected chi connectivity index (χ0v) is 19.2. The molecule has 0 heterocycles. The lowest BCUT2D eigenvalue weighted by molar-refractivity contribution is -0.118. The van der Waals surface area contributed by atoms with Crippen LogP contribution in [0.1, 0.15) is 35.3 Å². The first kappa shape index (κ1) is 22.0. The van der Waals surface area contributed by atoms with E-state index >= 15 is 0 Å². The van der Waals surface area contributed by atoms with Crippen molar-refractivity contribution in [1.82, 2.24) is 5.43 Å². The Kier molecular flexibility index (Phi) is 6.81. The molecule has 0 radical (unpaired) electrons. The van der Waals surface area contributed by atoms with E-state index in [0.29, 0.717) is 23.7 Å². The zero-order valence-electron chi connectivity index (χ0n) is 18.4. The van der Waals surface area contributed by atoms with Gasteiger partial charge >= 0.3 is 0 Å². The van der Waals surface area contributed by atoms with E-state index in [1.807, 2.05) is 25.1 Å². The van der Waals surface area contributed by atoms with Crippen molar-refractivity contribution in [3.63, 3.8) is 0 Å². The highest BCUT2D eigenvalue weighted by Crippen LogP contribution is 2.49. The van der Waals surface area contributed by atoms with Crippen LogP contribution in [0.3, 0.4) is 0 Å². The van der Waals surface area contributed by atoms with Gasteiger partial charge in [-0.2, -0.15) is 5.10 Å². The molecular weight excluding hydrogens is 420 g/mol. The van der Waals surface area contributed by atoms with E-state index in [0.717, 1.165) is 11.3 Å². The van der Waals surface area contributed by atoms with E-state index in [1.54, 1.807) is 26.0 Å². The topological polar surface area (TPSA) is 59.9 Å². The van der Waals surface area contributed by atoms with Crippen molar-refractivity contribution in [2.75, 3.05) is 20.0 Å². The third kappa shape index (κ3) is 4.36. The number of hydrazone groups is 1. The Morgan fingerprint density at radius 3 is 2.16 bits per heavy atom. The molecule has 0 bridgehead atoms. The number of thioether (sulfide) groups is 1. The van der Waals surface area contributed by atoms with Crippen molar-refractivity contribution in [2.24, 2.45) is 5.10 Å². The van der Waals surface area contributed by atoms with Crippen molar-refractivity contribution in [1.29, 1.82) is 0 Å². The van der Waals surface area contributed by atoms with Gasteiger partial charge in [0.2, 0.25) is 5.91 Å². The molecule has 4 rings (SSSR count). The van der Waals surface area contributed by atoms with Gasteiger partial charge in [-0.3, -0.25) is 4.79 Å². The number of carbonyl (C=O) groups excluding carboxylic acids is 1. The van der Waals surface area contributed by atoms with Crippen molar-refractivity contribution in [2.45, 2.75) is 18.6 Å². The summed E-state index contributed by atoms with van der Waals surface area (Å²) in [5, 5.41) is 4.53. The predicted molar refractivity (Wildman–Crippen MR) is 131 cm³/mol. The first-order valence-electron chi connectivity index (χ1n) is 10.5. The van der Waals surface area contributed by atoms with Crippen molar-refractivity contribution in [3.8, 4) is 22.6 Å². The first-order valence-corrected chi connectivity index (χ1v) is 11.6. The minimum Gasteiger partial charge on any atom is -0.493 e. The highest BCUT2D eigenvalue weighted by Gasteiger charge is 2.28. The van der Waals surface area contributed by atoms with E-state index in [4.69, 9.17) is 9.47 Å². The summed E-state index contributed by atoms with van der Waals surface area (Å²) >= 11 is 1.63. The average molecular weight is 447 g/mol. The van der Waals surface area contributed by atoms with Gasteiger partial charge in [-0.25, -0.2) is 5.43 Å². The van der Waals surface area contributed by atoms with Gasteiger partial charge in [-0.05, 0) is 46.9 Å². The second kappa shape index (κ2) is 9.92. The molecular formula is C26H26N2O3S. The van der Waals surface area contributed by atoms with Crippen molar-refractivity contribution >= 4 is 23.4 Å². The Morgan fingerprint density at radius 1 is 0.938 bits per heavy atom. The lowest BCUT2D eigenvalue weighted by Gasteiger charge is -2.13. The largest absolute Gasteiger partial charge is 0.493 e. The smallest absolute Gasteiger partial charge is 0.250 e. The maximum absolute atomic E-state index is 12.6. The van der Waals surface area contributed by atoms with Crippen LogP contribution in [0.25, 0.3) is 11.1 Å². The van der Waals surface area contributed by atoms with E-state index in [1.165, 1.54) is 22.3 Å². The Hall–Kier alpha value is -3.25. The highest BCUT2D eigenvalue weighted by atomic mass is 32.2. The molecule has 32 heavy (non-hydrogen) atoms. The Labute approximate surface area is 192 Å². The highest BCUT2D eigenvalue weighted by molar-refractivity contribution is 8.00. The number of benzene rings is 3. The number of methoxy groups -OCH3 is 2. The second-order valence-electron chi connectivity index (χ2n) is 7.38. The number of fused-ring (bicyclic) bond motifs is 3. The predicted octanol–water partition coefficient (Wildman–Crippen LogP) is 5.44. The van der Waals surface area contributed by atoms with E-state index in [-0.39, 0.29) is 11.2 Å². The van der Waals surface area contributed by atoms with Crippen LogP contribution >= 0.6 is 11.8 Å². The third-order valence-electron chi connectivity index (χ3n) is 5.52. The van der Waals surface area contributed by atoms with Crippen LogP contribution in [-0.4, -0.2) is 31.6 Å². The lowest BCUT2D eigenvalue weighted by Crippen LogP contribution is -2.22. The summed E-state index contributed by atoms with van der Waals surface area (Å²) in [6.07, 6.45) is 0.673. The standard InChI is InChI=1S/C26H26N2O3S/c1-4-22(17-13-14-23(30-2)24(15-17)31-3)27-28-25(29)16-32-26-20-11-7-5-9-18(20)19-10-6-8-12-21(19)26/h5-15,26H,4,16H2,1-3H3,(H,28,29)/b27-22-. The van der Waals surface area contributed by atoms with Gasteiger partial charge in [0.05, 0.1) is 30.9 Å². The van der Waals surface area contributed by atoms with Crippen LogP contribution in [0.15, 0.2) is 71.8 Å². The summed E-state index contributed by atoms with van der Waals surface area (Å²) in [5.41, 5.74) is 9.41. The summed E-state index contributed by atoms with van der Waals surface area (Å²) < 4.78 is 10.7. The molecule has 0 saturated carbocycles. The summed E-state index contributed by atoms with van der Waals surface area (Å²) in [7, 11) is 3.20. The molecule has 1 aliphatic rings. The van der Waals surface area contributed by atoms with Crippen LogP contribution in [0.2, 0.25) is 0 Å². The lowest BCUT2D eigenvalue weighted by atomic mass is 10.1. The van der Waals surface area contributed by atoms with Gasteiger partial charge in [-0.1, -0.05) is 55.5 Å². The SMILES string of the molecule is CC/C(=N/NC(=O)CSC1c2ccccc2-c2ccccc21)c1ccc(OC)c(OC)c1.